The molecular formula is C29H32ClN3O3. The summed E-state index contributed by atoms with van der Waals surface area (Å²) in [6, 6.07) is 22.4. The van der Waals surface area contributed by atoms with Gasteiger partial charge in [-0.1, -0.05) is 41.9 Å². The van der Waals surface area contributed by atoms with Crippen molar-refractivity contribution in [3.05, 3.63) is 94.5 Å². The molecule has 2 amide bonds. The maximum Gasteiger partial charge on any atom is 0.254 e. The SMILES string of the molecule is COc1ccc(CC(=O)Nc2ccc(Cl)c(CN(C(=O)c3ccccc3)C3CCC(N)CC3)c2)cc1. The molecule has 3 N–H and O–H groups in total. The van der Waals surface area contributed by atoms with E-state index in [4.69, 9.17) is 22.1 Å². The van der Waals surface area contributed by atoms with E-state index in [0.29, 0.717) is 22.8 Å². The van der Waals surface area contributed by atoms with E-state index in [9.17, 15) is 9.59 Å². The van der Waals surface area contributed by atoms with Crippen LogP contribution in [0.4, 0.5) is 5.69 Å². The number of benzene rings is 3. The highest BCUT2D eigenvalue weighted by Crippen LogP contribution is 2.29. The molecule has 1 aliphatic carbocycles. The summed E-state index contributed by atoms with van der Waals surface area (Å²) in [5.41, 5.74) is 9.09. The monoisotopic (exact) mass is 505 g/mol. The zero-order chi connectivity index (χ0) is 25.5. The van der Waals surface area contributed by atoms with Crippen LogP contribution in [0.2, 0.25) is 5.02 Å². The molecule has 1 fully saturated rings. The van der Waals surface area contributed by atoms with Crippen LogP contribution in [0, 0.1) is 0 Å². The standard InChI is InChI=1S/C29H32ClN3O3/c1-36-26-14-7-20(8-15-26)17-28(34)32-24-11-16-27(30)22(18-24)19-33(25-12-9-23(31)10-13-25)29(35)21-5-3-2-4-6-21/h2-8,11,14-16,18,23,25H,9-10,12-13,17,19,31H2,1H3,(H,32,34). The number of nitrogens with one attached hydrogen (secondary N) is 1. The lowest BCUT2D eigenvalue weighted by molar-refractivity contribution is -0.115. The first kappa shape index (κ1) is 25.7. The van der Waals surface area contributed by atoms with E-state index >= 15 is 0 Å². The first-order valence-corrected chi connectivity index (χ1v) is 12.6. The normalized spacial score (nSPS) is 17.3. The molecule has 0 radical (unpaired) electrons. The van der Waals surface area contributed by atoms with Gasteiger partial charge in [-0.2, -0.15) is 0 Å². The lowest BCUT2D eigenvalue weighted by Gasteiger charge is -2.36. The van der Waals surface area contributed by atoms with Crippen LogP contribution in [0.3, 0.4) is 0 Å². The zero-order valence-corrected chi connectivity index (χ0v) is 21.2. The molecule has 3 aromatic carbocycles. The summed E-state index contributed by atoms with van der Waals surface area (Å²) in [5, 5.41) is 3.51. The Morgan fingerprint density at radius 3 is 2.36 bits per heavy atom. The number of hydrogen-bond acceptors (Lipinski definition) is 4. The van der Waals surface area contributed by atoms with Crippen molar-refractivity contribution in [1.82, 2.24) is 4.90 Å². The summed E-state index contributed by atoms with van der Waals surface area (Å²) in [6.07, 6.45) is 3.73. The summed E-state index contributed by atoms with van der Waals surface area (Å²) in [7, 11) is 1.61. The van der Waals surface area contributed by atoms with Gasteiger partial charge in [-0.15, -0.1) is 0 Å². The molecule has 0 saturated heterocycles. The zero-order valence-electron chi connectivity index (χ0n) is 20.5. The van der Waals surface area contributed by atoms with Crippen molar-refractivity contribution in [2.45, 2.75) is 50.7 Å². The molecule has 0 atom stereocenters. The molecule has 0 unspecified atom stereocenters. The minimum atomic E-state index is -0.132. The Morgan fingerprint density at radius 2 is 1.69 bits per heavy atom. The van der Waals surface area contributed by atoms with Gasteiger partial charge < -0.3 is 20.7 Å². The van der Waals surface area contributed by atoms with Crippen molar-refractivity contribution < 1.29 is 14.3 Å². The molecule has 4 rings (SSSR count). The van der Waals surface area contributed by atoms with Crippen molar-refractivity contribution in [2.24, 2.45) is 5.73 Å². The predicted molar refractivity (Wildman–Crippen MR) is 143 cm³/mol. The van der Waals surface area contributed by atoms with E-state index < -0.39 is 0 Å². The Morgan fingerprint density at radius 1 is 1.00 bits per heavy atom. The van der Waals surface area contributed by atoms with E-state index in [-0.39, 0.29) is 30.3 Å². The fraction of sp³-hybridized carbons (Fsp3) is 0.310. The van der Waals surface area contributed by atoms with Gasteiger partial charge in [-0.05, 0) is 79.3 Å². The third-order valence-corrected chi connectivity index (χ3v) is 7.03. The number of anilines is 1. The number of nitrogens with two attached hydrogens (primary N) is 1. The van der Waals surface area contributed by atoms with Crippen LogP contribution in [0.1, 0.15) is 47.2 Å². The van der Waals surface area contributed by atoms with Gasteiger partial charge in [0.05, 0.1) is 13.5 Å². The van der Waals surface area contributed by atoms with Gasteiger partial charge in [-0.3, -0.25) is 9.59 Å². The van der Waals surface area contributed by atoms with E-state index in [0.717, 1.165) is 42.6 Å². The van der Waals surface area contributed by atoms with Gasteiger partial charge >= 0.3 is 0 Å². The van der Waals surface area contributed by atoms with Crippen molar-refractivity contribution in [3.63, 3.8) is 0 Å². The van der Waals surface area contributed by atoms with Gasteiger partial charge in [-0.25, -0.2) is 0 Å². The molecule has 0 aliphatic heterocycles. The van der Waals surface area contributed by atoms with Gasteiger partial charge in [0.25, 0.3) is 5.91 Å². The number of nitrogens with zero attached hydrogens (tertiary/aromatic N) is 1. The molecule has 0 heterocycles. The summed E-state index contributed by atoms with van der Waals surface area (Å²) in [6.45, 7) is 0.356. The van der Waals surface area contributed by atoms with Crippen LogP contribution in [-0.2, 0) is 17.8 Å². The second kappa shape index (κ2) is 12.1. The van der Waals surface area contributed by atoms with Crippen LogP contribution in [0.5, 0.6) is 5.75 Å². The fourth-order valence-corrected chi connectivity index (χ4v) is 4.80. The first-order chi connectivity index (χ1) is 17.4. The molecule has 0 bridgehead atoms. The fourth-order valence-electron chi connectivity index (χ4n) is 4.62. The molecule has 0 aromatic heterocycles. The van der Waals surface area contributed by atoms with Crippen molar-refractivity contribution in [3.8, 4) is 5.75 Å². The minimum Gasteiger partial charge on any atom is -0.497 e. The molecule has 6 nitrogen and oxygen atoms in total. The number of rotatable bonds is 8. The Labute approximate surface area is 217 Å². The smallest absolute Gasteiger partial charge is 0.254 e. The lowest BCUT2D eigenvalue weighted by atomic mass is 9.90. The van der Waals surface area contributed by atoms with Crippen LogP contribution >= 0.6 is 11.6 Å². The lowest BCUT2D eigenvalue weighted by Crippen LogP contribution is -2.43. The van der Waals surface area contributed by atoms with E-state index in [2.05, 4.69) is 5.32 Å². The predicted octanol–water partition coefficient (Wildman–Crippen LogP) is 5.44. The van der Waals surface area contributed by atoms with Gasteiger partial charge in [0.1, 0.15) is 5.75 Å². The highest BCUT2D eigenvalue weighted by molar-refractivity contribution is 6.31. The molecule has 188 valence electrons. The van der Waals surface area contributed by atoms with E-state index in [1.165, 1.54) is 0 Å². The van der Waals surface area contributed by atoms with Crippen LogP contribution in [0.15, 0.2) is 72.8 Å². The Hall–Kier alpha value is -3.35. The molecule has 3 aromatic rings. The molecule has 1 saturated carbocycles. The van der Waals surface area contributed by atoms with Crippen LogP contribution in [-0.4, -0.2) is 35.9 Å². The minimum absolute atomic E-state index is 0.0268. The number of carbonyl (C=O) groups excluding carboxylic acids is 2. The number of amides is 2. The highest BCUT2D eigenvalue weighted by atomic mass is 35.5. The molecule has 7 heteroatoms. The maximum atomic E-state index is 13.5. The summed E-state index contributed by atoms with van der Waals surface area (Å²) >= 11 is 6.57. The first-order valence-electron chi connectivity index (χ1n) is 12.3. The largest absolute Gasteiger partial charge is 0.497 e. The summed E-state index contributed by atoms with van der Waals surface area (Å²) in [5.74, 6) is 0.587. The Balaban J connectivity index is 1.50. The highest BCUT2D eigenvalue weighted by Gasteiger charge is 2.29. The Kier molecular flexibility index (Phi) is 8.62. The van der Waals surface area contributed by atoms with Crippen molar-refractivity contribution in [1.29, 1.82) is 0 Å². The molecule has 36 heavy (non-hydrogen) atoms. The molecule has 1 aliphatic rings. The van der Waals surface area contributed by atoms with E-state index in [1.807, 2.05) is 65.6 Å². The van der Waals surface area contributed by atoms with E-state index in [1.54, 1.807) is 19.2 Å². The molecular weight excluding hydrogens is 474 g/mol. The van der Waals surface area contributed by atoms with Crippen molar-refractivity contribution >= 4 is 29.1 Å². The quantitative estimate of drug-likeness (QED) is 0.427. The maximum absolute atomic E-state index is 13.5. The molecule has 0 spiro atoms. The second-order valence-electron chi connectivity index (χ2n) is 9.25. The number of carbonyl (C=O) groups is 2. The number of methoxy groups -OCH3 is 1. The number of halogens is 1. The Bertz CT molecular complexity index is 1180. The number of ether oxygens (including phenoxy) is 1. The van der Waals surface area contributed by atoms with Crippen LogP contribution in [0.25, 0.3) is 0 Å². The number of hydrogen-bond donors (Lipinski definition) is 2. The van der Waals surface area contributed by atoms with Gasteiger partial charge in [0, 0.05) is 34.9 Å². The topological polar surface area (TPSA) is 84.7 Å². The second-order valence-corrected chi connectivity index (χ2v) is 9.65. The van der Waals surface area contributed by atoms with Crippen molar-refractivity contribution in [2.75, 3.05) is 12.4 Å². The summed E-state index contributed by atoms with van der Waals surface area (Å²) in [4.78, 5) is 28.1. The third kappa shape index (κ3) is 6.65. The van der Waals surface area contributed by atoms with Gasteiger partial charge in [0.2, 0.25) is 5.91 Å². The third-order valence-electron chi connectivity index (χ3n) is 6.66. The van der Waals surface area contributed by atoms with Crippen LogP contribution < -0.4 is 15.8 Å². The summed E-state index contributed by atoms with van der Waals surface area (Å²) < 4.78 is 5.17. The average molecular weight is 506 g/mol. The van der Waals surface area contributed by atoms with Gasteiger partial charge in [0.15, 0.2) is 0 Å². The average Bonchev–Trinajstić information content (AvgIpc) is 2.90.